The predicted molar refractivity (Wildman–Crippen MR) is 70.1 cm³/mol. The molecular weight excluding hydrogens is 212 g/mol. The lowest BCUT2D eigenvalue weighted by Crippen LogP contribution is -2.33. The lowest BCUT2D eigenvalue weighted by atomic mass is 10.2. The molecule has 0 atom stereocenters. The minimum Gasteiger partial charge on any atom is -0.369 e. The summed E-state index contributed by atoms with van der Waals surface area (Å²) in [5.74, 6) is 0.928. The SMILES string of the molecule is Cc1cc(NCCN(C)C2CCCC2)ncn1. The molecule has 0 spiro atoms. The van der Waals surface area contributed by atoms with E-state index < -0.39 is 0 Å². The smallest absolute Gasteiger partial charge is 0.129 e. The molecule has 1 aliphatic carbocycles. The second kappa shape index (κ2) is 5.96. The van der Waals surface area contributed by atoms with Crippen LogP contribution in [0.1, 0.15) is 31.4 Å². The van der Waals surface area contributed by atoms with Crippen LogP contribution in [0.2, 0.25) is 0 Å². The van der Waals surface area contributed by atoms with Crippen LogP contribution in [0, 0.1) is 6.92 Å². The number of aromatic nitrogens is 2. The van der Waals surface area contributed by atoms with Crippen molar-refractivity contribution in [2.75, 3.05) is 25.5 Å². The molecule has 94 valence electrons. The molecular formula is C13H22N4. The molecule has 1 aromatic rings. The molecule has 0 amide bonds. The van der Waals surface area contributed by atoms with Crippen LogP contribution in [0.25, 0.3) is 0 Å². The zero-order chi connectivity index (χ0) is 12.1. The predicted octanol–water partition coefficient (Wildman–Crippen LogP) is 2.07. The van der Waals surface area contributed by atoms with Crippen molar-refractivity contribution < 1.29 is 0 Å². The molecule has 0 radical (unpaired) electrons. The van der Waals surface area contributed by atoms with Gasteiger partial charge in [0.2, 0.25) is 0 Å². The summed E-state index contributed by atoms with van der Waals surface area (Å²) in [7, 11) is 2.23. The molecule has 1 saturated carbocycles. The van der Waals surface area contributed by atoms with Crippen LogP contribution in [-0.2, 0) is 0 Å². The van der Waals surface area contributed by atoms with Crippen molar-refractivity contribution in [1.29, 1.82) is 0 Å². The Labute approximate surface area is 103 Å². The zero-order valence-electron chi connectivity index (χ0n) is 10.8. The second-order valence-corrected chi connectivity index (χ2v) is 4.89. The van der Waals surface area contributed by atoms with E-state index in [2.05, 4.69) is 27.2 Å². The lowest BCUT2D eigenvalue weighted by Gasteiger charge is -2.24. The van der Waals surface area contributed by atoms with Gasteiger partial charge in [0.25, 0.3) is 0 Å². The fourth-order valence-corrected chi connectivity index (χ4v) is 2.44. The highest BCUT2D eigenvalue weighted by atomic mass is 15.1. The van der Waals surface area contributed by atoms with E-state index in [4.69, 9.17) is 0 Å². The maximum atomic E-state index is 4.19. The summed E-state index contributed by atoms with van der Waals surface area (Å²) in [5.41, 5.74) is 1.01. The topological polar surface area (TPSA) is 41.0 Å². The van der Waals surface area contributed by atoms with Crippen LogP contribution >= 0.6 is 0 Å². The summed E-state index contributed by atoms with van der Waals surface area (Å²) < 4.78 is 0. The highest BCUT2D eigenvalue weighted by Crippen LogP contribution is 2.21. The van der Waals surface area contributed by atoms with Crippen molar-refractivity contribution in [2.45, 2.75) is 38.6 Å². The minimum absolute atomic E-state index is 0.795. The number of likely N-dealkylation sites (N-methyl/N-ethyl adjacent to an activating group) is 1. The van der Waals surface area contributed by atoms with E-state index in [1.165, 1.54) is 25.7 Å². The van der Waals surface area contributed by atoms with E-state index in [1.54, 1.807) is 6.33 Å². The third-order valence-electron chi connectivity index (χ3n) is 3.52. The van der Waals surface area contributed by atoms with Gasteiger partial charge < -0.3 is 10.2 Å². The first-order valence-electron chi connectivity index (χ1n) is 6.48. The van der Waals surface area contributed by atoms with Crippen LogP contribution in [-0.4, -0.2) is 41.0 Å². The Hall–Kier alpha value is -1.16. The number of hydrogen-bond donors (Lipinski definition) is 1. The molecule has 0 aliphatic heterocycles. The Balaban J connectivity index is 1.71. The lowest BCUT2D eigenvalue weighted by molar-refractivity contribution is 0.254. The molecule has 0 bridgehead atoms. The van der Waals surface area contributed by atoms with Gasteiger partial charge in [-0.2, -0.15) is 0 Å². The van der Waals surface area contributed by atoms with E-state index in [1.807, 2.05) is 13.0 Å². The molecule has 17 heavy (non-hydrogen) atoms. The van der Waals surface area contributed by atoms with E-state index in [9.17, 15) is 0 Å². The van der Waals surface area contributed by atoms with Crippen LogP contribution in [0.15, 0.2) is 12.4 Å². The van der Waals surface area contributed by atoms with Gasteiger partial charge >= 0.3 is 0 Å². The molecule has 1 aromatic heterocycles. The standard InChI is InChI=1S/C13H22N4/c1-11-9-13(16-10-15-11)14-7-8-17(2)12-5-3-4-6-12/h9-10,12H,3-8H2,1-2H3,(H,14,15,16). The molecule has 1 heterocycles. The van der Waals surface area contributed by atoms with E-state index in [-0.39, 0.29) is 0 Å². The highest BCUT2D eigenvalue weighted by molar-refractivity contribution is 5.34. The third kappa shape index (κ3) is 3.66. The number of anilines is 1. The van der Waals surface area contributed by atoms with Crippen molar-refractivity contribution in [3.05, 3.63) is 18.1 Å². The summed E-state index contributed by atoms with van der Waals surface area (Å²) >= 11 is 0. The molecule has 1 N–H and O–H groups in total. The maximum absolute atomic E-state index is 4.19. The first-order chi connectivity index (χ1) is 8.25. The normalized spacial score (nSPS) is 16.6. The fraction of sp³-hybridized carbons (Fsp3) is 0.692. The van der Waals surface area contributed by atoms with Crippen molar-refractivity contribution >= 4 is 5.82 Å². The van der Waals surface area contributed by atoms with Gasteiger partial charge in [0.1, 0.15) is 12.1 Å². The Bertz CT molecular complexity index is 347. The molecule has 1 aliphatic rings. The van der Waals surface area contributed by atoms with Crippen molar-refractivity contribution in [1.82, 2.24) is 14.9 Å². The summed E-state index contributed by atoms with van der Waals surface area (Å²) in [6.45, 7) is 4.01. The molecule has 0 saturated heterocycles. The molecule has 4 heteroatoms. The molecule has 4 nitrogen and oxygen atoms in total. The Morgan fingerprint density at radius 2 is 2.12 bits per heavy atom. The van der Waals surface area contributed by atoms with Crippen molar-refractivity contribution in [3.8, 4) is 0 Å². The zero-order valence-corrected chi connectivity index (χ0v) is 10.8. The number of aryl methyl sites for hydroxylation is 1. The van der Waals surface area contributed by atoms with Crippen LogP contribution in [0.5, 0.6) is 0 Å². The quantitative estimate of drug-likeness (QED) is 0.847. The van der Waals surface area contributed by atoms with Gasteiger partial charge in [-0.15, -0.1) is 0 Å². The first-order valence-corrected chi connectivity index (χ1v) is 6.48. The summed E-state index contributed by atoms with van der Waals surface area (Å²) in [6.07, 6.45) is 7.13. The number of hydrogen-bond acceptors (Lipinski definition) is 4. The van der Waals surface area contributed by atoms with Gasteiger partial charge in [0, 0.05) is 30.9 Å². The van der Waals surface area contributed by atoms with Crippen molar-refractivity contribution in [2.24, 2.45) is 0 Å². The van der Waals surface area contributed by atoms with E-state index in [0.29, 0.717) is 0 Å². The largest absolute Gasteiger partial charge is 0.369 e. The van der Waals surface area contributed by atoms with E-state index >= 15 is 0 Å². The number of nitrogens with zero attached hydrogens (tertiary/aromatic N) is 3. The Morgan fingerprint density at radius 1 is 1.35 bits per heavy atom. The summed E-state index contributed by atoms with van der Waals surface area (Å²) in [5, 5.41) is 3.35. The highest BCUT2D eigenvalue weighted by Gasteiger charge is 2.18. The molecule has 1 fully saturated rings. The van der Waals surface area contributed by atoms with Crippen LogP contribution in [0.4, 0.5) is 5.82 Å². The van der Waals surface area contributed by atoms with E-state index in [0.717, 1.165) is 30.6 Å². The minimum atomic E-state index is 0.795. The van der Waals surface area contributed by atoms with Gasteiger partial charge in [-0.3, -0.25) is 0 Å². The van der Waals surface area contributed by atoms with Gasteiger partial charge in [-0.25, -0.2) is 9.97 Å². The molecule has 0 unspecified atom stereocenters. The maximum Gasteiger partial charge on any atom is 0.129 e. The van der Waals surface area contributed by atoms with Crippen molar-refractivity contribution in [3.63, 3.8) is 0 Å². The first kappa shape index (κ1) is 12.3. The Kier molecular flexibility index (Phi) is 4.31. The monoisotopic (exact) mass is 234 g/mol. The molecule has 0 aromatic carbocycles. The second-order valence-electron chi connectivity index (χ2n) is 4.89. The summed E-state index contributed by atoms with van der Waals surface area (Å²) in [4.78, 5) is 10.7. The average molecular weight is 234 g/mol. The van der Waals surface area contributed by atoms with Crippen LogP contribution in [0.3, 0.4) is 0 Å². The van der Waals surface area contributed by atoms with Gasteiger partial charge in [0.15, 0.2) is 0 Å². The van der Waals surface area contributed by atoms with Gasteiger partial charge in [-0.05, 0) is 26.8 Å². The third-order valence-corrected chi connectivity index (χ3v) is 3.52. The average Bonchev–Trinajstić information content (AvgIpc) is 2.82. The fourth-order valence-electron chi connectivity index (χ4n) is 2.44. The molecule has 2 rings (SSSR count). The van der Waals surface area contributed by atoms with Gasteiger partial charge in [0.05, 0.1) is 0 Å². The Morgan fingerprint density at radius 3 is 2.82 bits per heavy atom. The summed E-state index contributed by atoms with van der Waals surface area (Å²) in [6, 6.07) is 2.78. The number of rotatable bonds is 5. The van der Waals surface area contributed by atoms with Crippen LogP contribution < -0.4 is 5.32 Å². The van der Waals surface area contributed by atoms with Gasteiger partial charge in [-0.1, -0.05) is 12.8 Å². The number of nitrogens with one attached hydrogen (secondary N) is 1.